The molecule has 0 radical (unpaired) electrons. The number of hydrogen-bond donors (Lipinski definition) is 1. The number of hydrogen-bond acceptors (Lipinski definition) is 5. The lowest BCUT2D eigenvalue weighted by Crippen LogP contribution is -2.47. The van der Waals surface area contributed by atoms with Gasteiger partial charge >= 0.3 is 5.97 Å². The molecule has 0 aliphatic heterocycles. The zero-order chi connectivity index (χ0) is 20.9. The largest absolute Gasteiger partial charge is 0.465 e. The molecule has 0 saturated carbocycles. The molecule has 0 spiro atoms. The highest BCUT2D eigenvalue weighted by Crippen LogP contribution is 2.25. The van der Waals surface area contributed by atoms with Gasteiger partial charge in [0.1, 0.15) is 6.04 Å². The molecule has 0 aromatic heterocycles. The van der Waals surface area contributed by atoms with E-state index in [1.54, 1.807) is 37.3 Å². The van der Waals surface area contributed by atoms with Gasteiger partial charge in [0, 0.05) is 10.7 Å². The summed E-state index contributed by atoms with van der Waals surface area (Å²) in [5, 5.41) is 3.12. The van der Waals surface area contributed by atoms with E-state index < -0.39 is 27.9 Å². The molecule has 1 atom stereocenters. The lowest BCUT2D eigenvalue weighted by atomic mass is 10.1. The third-order valence-electron chi connectivity index (χ3n) is 3.96. The maximum atomic E-state index is 12.9. The zero-order valence-corrected chi connectivity index (χ0v) is 17.3. The van der Waals surface area contributed by atoms with Gasteiger partial charge in [-0.15, -0.1) is 0 Å². The molecule has 0 heterocycles. The normalized spacial score (nSPS) is 12.1. The van der Waals surface area contributed by atoms with Crippen LogP contribution in [-0.2, 0) is 19.6 Å². The van der Waals surface area contributed by atoms with E-state index in [0.29, 0.717) is 16.4 Å². The summed E-state index contributed by atoms with van der Waals surface area (Å²) in [6.07, 6.45) is 1.27. The molecule has 0 aliphatic carbocycles. The Morgan fingerprint density at radius 3 is 2.36 bits per heavy atom. The Hall–Kier alpha value is -2.58. The first-order valence-corrected chi connectivity index (χ1v) is 10.6. The molecule has 1 N–H and O–H groups in total. The van der Waals surface area contributed by atoms with Crippen molar-refractivity contribution in [2.45, 2.75) is 19.4 Å². The quantitative estimate of drug-likeness (QED) is 0.688. The number of carbonyl (C=O) groups is 2. The Kier molecular flexibility index (Phi) is 7.04. The van der Waals surface area contributed by atoms with E-state index in [9.17, 15) is 18.0 Å². The van der Waals surface area contributed by atoms with E-state index in [1.807, 2.05) is 0 Å². The molecule has 0 aliphatic rings. The highest BCUT2D eigenvalue weighted by atomic mass is 35.5. The number of halogens is 1. The topological polar surface area (TPSA) is 92.8 Å². The van der Waals surface area contributed by atoms with Crippen LogP contribution in [0.1, 0.15) is 23.7 Å². The van der Waals surface area contributed by atoms with E-state index in [0.717, 1.165) is 10.6 Å². The molecule has 0 unspecified atom stereocenters. The first-order valence-electron chi connectivity index (χ1n) is 8.41. The average molecular weight is 425 g/mol. The molecule has 9 heteroatoms. The van der Waals surface area contributed by atoms with E-state index in [4.69, 9.17) is 11.6 Å². The van der Waals surface area contributed by atoms with Gasteiger partial charge in [-0.2, -0.15) is 0 Å². The summed E-state index contributed by atoms with van der Waals surface area (Å²) >= 11 is 5.88. The molecule has 2 aromatic rings. The number of ether oxygens (including phenoxy) is 1. The molecular formula is C19H21ClN2O5S. The van der Waals surface area contributed by atoms with Gasteiger partial charge in [-0.05, 0) is 48.9 Å². The second kappa shape index (κ2) is 9.07. The van der Waals surface area contributed by atoms with Crippen molar-refractivity contribution >= 4 is 44.9 Å². The van der Waals surface area contributed by atoms with Gasteiger partial charge in [0.05, 0.1) is 24.6 Å². The van der Waals surface area contributed by atoms with Crippen molar-refractivity contribution < 1.29 is 22.7 Å². The Bertz CT molecular complexity index is 961. The number of nitrogens with zero attached hydrogens (tertiary/aromatic N) is 1. The van der Waals surface area contributed by atoms with Crippen molar-refractivity contribution in [3.05, 3.63) is 59.1 Å². The maximum Gasteiger partial charge on any atom is 0.337 e. The van der Waals surface area contributed by atoms with Gasteiger partial charge in [-0.25, -0.2) is 13.2 Å². The first-order chi connectivity index (χ1) is 13.2. The molecule has 28 heavy (non-hydrogen) atoms. The van der Waals surface area contributed by atoms with E-state index in [1.165, 1.54) is 25.3 Å². The molecule has 2 rings (SSSR count). The molecule has 1 amide bonds. The fraction of sp³-hybridized carbons (Fsp3) is 0.263. The van der Waals surface area contributed by atoms with E-state index >= 15 is 0 Å². The van der Waals surface area contributed by atoms with E-state index in [-0.39, 0.29) is 12.0 Å². The van der Waals surface area contributed by atoms with Gasteiger partial charge in [0.25, 0.3) is 0 Å². The maximum absolute atomic E-state index is 12.9. The molecule has 150 valence electrons. The van der Waals surface area contributed by atoms with Crippen LogP contribution in [0.15, 0.2) is 48.5 Å². The minimum atomic E-state index is -3.75. The first kappa shape index (κ1) is 21.7. The fourth-order valence-electron chi connectivity index (χ4n) is 2.72. The summed E-state index contributed by atoms with van der Waals surface area (Å²) in [5.41, 5.74) is 0.958. The average Bonchev–Trinajstić information content (AvgIpc) is 2.65. The van der Waals surface area contributed by atoms with Crippen LogP contribution in [0.2, 0.25) is 5.02 Å². The number of methoxy groups -OCH3 is 1. The second-order valence-corrected chi connectivity index (χ2v) is 8.32. The third-order valence-corrected chi connectivity index (χ3v) is 5.39. The van der Waals surface area contributed by atoms with Gasteiger partial charge in [0.2, 0.25) is 15.9 Å². The summed E-state index contributed by atoms with van der Waals surface area (Å²) in [4.78, 5) is 24.5. The van der Waals surface area contributed by atoms with Crippen molar-refractivity contribution in [3.63, 3.8) is 0 Å². The summed E-state index contributed by atoms with van der Waals surface area (Å²) in [5.74, 6) is -1.06. The second-order valence-electron chi connectivity index (χ2n) is 6.02. The van der Waals surface area contributed by atoms with Crippen molar-refractivity contribution in [1.82, 2.24) is 0 Å². The van der Waals surface area contributed by atoms with E-state index in [2.05, 4.69) is 10.1 Å². The van der Waals surface area contributed by atoms with Crippen LogP contribution in [0.3, 0.4) is 0 Å². The Morgan fingerprint density at radius 1 is 1.18 bits per heavy atom. The number of nitrogens with one attached hydrogen (secondary N) is 1. The van der Waals surface area contributed by atoms with Crippen molar-refractivity contribution in [2.24, 2.45) is 0 Å². The predicted molar refractivity (Wildman–Crippen MR) is 109 cm³/mol. The van der Waals surface area contributed by atoms with Gasteiger partial charge < -0.3 is 10.1 Å². The monoisotopic (exact) mass is 424 g/mol. The van der Waals surface area contributed by atoms with Crippen LogP contribution < -0.4 is 9.62 Å². The van der Waals surface area contributed by atoms with Crippen molar-refractivity contribution in [1.29, 1.82) is 0 Å². The van der Waals surface area contributed by atoms with Gasteiger partial charge in [0.15, 0.2) is 0 Å². The highest BCUT2D eigenvalue weighted by Gasteiger charge is 2.31. The SMILES string of the molecule is CC[C@H](C(=O)Nc1cccc(C(=O)OC)c1)N(c1ccc(Cl)cc1)S(C)(=O)=O. The van der Waals surface area contributed by atoms with Gasteiger partial charge in [-0.3, -0.25) is 9.10 Å². The highest BCUT2D eigenvalue weighted by molar-refractivity contribution is 7.92. The lowest BCUT2D eigenvalue weighted by molar-refractivity contribution is -0.117. The van der Waals surface area contributed by atoms with Crippen LogP contribution >= 0.6 is 11.6 Å². The molecule has 7 nitrogen and oxygen atoms in total. The number of benzene rings is 2. The summed E-state index contributed by atoms with van der Waals surface area (Å²) in [7, 11) is -2.49. The number of rotatable bonds is 7. The number of carbonyl (C=O) groups excluding carboxylic acids is 2. The molecule has 0 fully saturated rings. The van der Waals surface area contributed by atoms with Crippen LogP contribution in [0.25, 0.3) is 0 Å². The lowest BCUT2D eigenvalue weighted by Gasteiger charge is -2.30. The van der Waals surface area contributed by atoms with Gasteiger partial charge in [-0.1, -0.05) is 24.6 Å². The van der Waals surface area contributed by atoms with Crippen LogP contribution in [0, 0.1) is 0 Å². The predicted octanol–water partition coefficient (Wildman–Crippen LogP) is 3.31. The summed E-state index contributed by atoms with van der Waals surface area (Å²) in [6, 6.07) is 11.4. The van der Waals surface area contributed by atoms with Crippen molar-refractivity contribution in [2.75, 3.05) is 23.0 Å². The number of anilines is 2. The molecule has 2 aromatic carbocycles. The Morgan fingerprint density at radius 2 is 1.82 bits per heavy atom. The zero-order valence-electron chi connectivity index (χ0n) is 15.7. The van der Waals surface area contributed by atoms with Crippen LogP contribution in [-0.4, -0.2) is 39.7 Å². The Labute approximate surface area is 169 Å². The van der Waals surface area contributed by atoms with Crippen molar-refractivity contribution in [3.8, 4) is 0 Å². The minimum absolute atomic E-state index is 0.234. The number of esters is 1. The number of amides is 1. The molecular weight excluding hydrogens is 404 g/mol. The minimum Gasteiger partial charge on any atom is -0.465 e. The summed E-state index contributed by atoms with van der Waals surface area (Å²) < 4.78 is 30.5. The Balaban J connectivity index is 2.34. The van der Waals surface area contributed by atoms with Crippen LogP contribution in [0.4, 0.5) is 11.4 Å². The molecule has 0 saturated heterocycles. The summed E-state index contributed by atoms with van der Waals surface area (Å²) in [6.45, 7) is 1.71. The number of sulfonamides is 1. The van der Waals surface area contributed by atoms with Crippen LogP contribution in [0.5, 0.6) is 0 Å². The third kappa shape index (κ3) is 5.24. The standard InChI is InChI=1S/C19H21ClN2O5S/c1-4-17(22(28(3,25)26)16-10-8-14(20)9-11-16)18(23)21-15-7-5-6-13(12-15)19(24)27-2/h5-12,17H,4H2,1-3H3,(H,21,23)/t17-/m1/s1. The smallest absolute Gasteiger partial charge is 0.337 e. The molecule has 0 bridgehead atoms. The fourth-order valence-corrected chi connectivity index (χ4v) is 4.05.